The lowest BCUT2D eigenvalue weighted by Gasteiger charge is -2.04. The number of hydrogen-bond acceptors (Lipinski definition) is 3. The van der Waals surface area contributed by atoms with E-state index >= 15 is 0 Å². The quantitative estimate of drug-likeness (QED) is 0.903. The molecule has 1 heterocycles. The molecule has 0 amide bonds. The second-order valence-corrected chi connectivity index (χ2v) is 5.04. The average Bonchev–Trinajstić information content (AvgIpc) is 2.78. The number of nitrogens with zero attached hydrogens (tertiary/aromatic N) is 3. The van der Waals surface area contributed by atoms with Crippen LogP contribution in [0.5, 0.6) is 0 Å². The highest BCUT2D eigenvalue weighted by Gasteiger charge is 2.05. The molecule has 2 aromatic rings. The van der Waals surface area contributed by atoms with Crippen LogP contribution in [-0.2, 0) is 6.54 Å². The van der Waals surface area contributed by atoms with Crippen LogP contribution in [0, 0.1) is 5.92 Å². The van der Waals surface area contributed by atoms with Crippen LogP contribution in [-0.4, -0.2) is 21.5 Å². The minimum absolute atomic E-state index is 0.628. The first kappa shape index (κ1) is 13.1. The number of para-hydroxylation sites is 1. The molecule has 0 aliphatic rings. The van der Waals surface area contributed by atoms with Crippen molar-refractivity contribution in [2.24, 2.45) is 5.92 Å². The maximum Gasteiger partial charge on any atom is 0.0969 e. The van der Waals surface area contributed by atoms with Gasteiger partial charge in [0.15, 0.2) is 0 Å². The molecule has 5 heteroatoms. The van der Waals surface area contributed by atoms with Crippen molar-refractivity contribution in [3.05, 3.63) is 41.2 Å². The van der Waals surface area contributed by atoms with E-state index in [9.17, 15) is 0 Å². The third-order valence-electron chi connectivity index (χ3n) is 2.50. The van der Waals surface area contributed by atoms with E-state index in [1.165, 1.54) is 0 Å². The van der Waals surface area contributed by atoms with Crippen LogP contribution in [0.4, 0.5) is 0 Å². The van der Waals surface area contributed by atoms with Gasteiger partial charge in [0.25, 0.3) is 0 Å². The highest BCUT2D eigenvalue weighted by molar-refractivity contribution is 6.32. The molecule has 0 radical (unpaired) electrons. The first-order chi connectivity index (χ1) is 8.66. The van der Waals surface area contributed by atoms with Crippen molar-refractivity contribution in [3.63, 3.8) is 0 Å². The van der Waals surface area contributed by atoms with Crippen LogP contribution in [0.2, 0.25) is 5.02 Å². The Hall–Kier alpha value is -1.39. The Kier molecular flexibility index (Phi) is 4.33. The molecular weight excluding hydrogens is 248 g/mol. The summed E-state index contributed by atoms with van der Waals surface area (Å²) in [5.41, 5.74) is 1.76. The SMILES string of the molecule is CC(C)CNCc1cn(-c2ccccc2Cl)nn1. The van der Waals surface area contributed by atoms with Crippen molar-refractivity contribution < 1.29 is 0 Å². The summed E-state index contributed by atoms with van der Waals surface area (Å²) in [5, 5.41) is 12.2. The minimum Gasteiger partial charge on any atom is -0.311 e. The monoisotopic (exact) mass is 264 g/mol. The van der Waals surface area contributed by atoms with E-state index in [-0.39, 0.29) is 0 Å². The first-order valence-electron chi connectivity index (χ1n) is 6.03. The van der Waals surface area contributed by atoms with Gasteiger partial charge in [-0.25, -0.2) is 4.68 Å². The summed E-state index contributed by atoms with van der Waals surface area (Å²) in [7, 11) is 0. The van der Waals surface area contributed by atoms with Gasteiger partial charge in [0.1, 0.15) is 0 Å². The van der Waals surface area contributed by atoms with Crippen molar-refractivity contribution in [3.8, 4) is 5.69 Å². The molecule has 0 spiro atoms. The lowest BCUT2D eigenvalue weighted by molar-refractivity contribution is 0.548. The molecule has 0 fully saturated rings. The van der Waals surface area contributed by atoms with Gasteiger partial charge in [0, 0.05) is 6.54 Å². The molecule has 4 nitrogen and oxygen atoms in total. The van der Waals surface area contributed by atoms with Crippen molar-refractivity contribution in [2.75, 3.05) is 6.54 Å². The van der Waals surface area contributed by atoms with Crippen LogP contribution in [0.3, 0.4) is 0 Å². The molecule has 0 bridgehead atoms. The Morgan fingerprint density at radius 2 is 2.11 bits per heavy atom. The topological polar surface area (TPSA) is 42.7 Å². The molecule has 1 N–H and O–H groups in total. The van der Waals surface area contributed by atoms with Gasteiger partial charge in [-0.1, -0.05) is 42.8 Å². The second-order valence-electron chi connectivity index (χ2n) is 4.63. The summed E-state index contributed by atoms with van der Waals surface area (Å²) in [6.07, 6.45) is 1.90. The Bertz CT molecular complexity index is 507. The van der Waals surface area contributed by atoms with Gasteiger partial charge < -0.3 is 5.32 Å². The number of rotatable bonds is 5. The summed E-state index contributed by atoms with van der Waals surface area (Å²) in [6.45, 7) is 6.04. The van der Waals surface area contributed by atoms with Crippen LogP contribution < -0.4 is 5.32 Å². The van der Waals surface area contributed by atoms with Gasteiger partial charge in [0.2, 0.25) is 0 Å². The predicted molar refractivity (Wildman–Crippen MR) is 72.9 cm³/mol. The fraction of sp³-hybridized carbons (Fsp3) is 0.385. The van der Waals surface area contributed by atoms with Gasteiger partial charge in [-0.15, -0.1) is 5.10 Å². The summed E-state index contributed by atoms with van der Waals surface area (Å²) < 4.78 is 1.70. The smallest absolute Gasteiger partial charge is 0.0969 e. The average molecular weight is 265 g/mol. The minimum atomic E-state index is 0.628. The molecule has 0 saturated heterocycles. The summed E-state index contributed by atoms with van der Waals surface area (Å²) in [6, 6.07) is 7.59. The molecule has 0 atom stereocenters. The van der Waals surface area contributed by atoms with E-state index in [1.807, 2.05) is 30.5 Å². The first-order valence-corrected chi connectivity index (χ1v) is 6.41. The van der Waals surface area contributed by atoms with Gasteiger partial charge >= 0.3 is 0 Å². The molecule has 18 heavy (non-hydrogen) atoms. The Labute approximate surface area is 112 Å². The zero-order valence-corrected chi connectivity index (χ0v) is 11.4. The van der Waals surface area contributed by atoms with E-state index in [0.717, 1.165) is 24.5 Å². The maximum absolute atomic E-state index is 6.11. The molecule has 96 valence electrons. The normalized spacial score (nSPS) is 11.1. The zero-order chi connectivity index (χ0) is 13.0. The van der Waals surface area contributed by atoms with Gasteiger partial charge in [-0.3, -0.25) is 0 Å². The lowest BCUT2D eigenvalue weighted by Crippen LogP contribution is -2.19. The van der Waals surface area contributed by atoms with E-state index in [0.29, 0.717) is 10.9 Å². The maximum atomic E-state index is 6.11. The highest BCUT2D eigenvalue weighted by Crippen LogP contribution is 2.18. The van der Waals surface area contributed by atoms with Crippen LogP contribution in [0.25, 0.3) is 5.69 Å². The molecule has 1 aromatic heterocycles. The molecule has 1 aromatic carbocycles. The van der Waals surface area contributed by atoms with E-state index < -0.39 is 0 Å². The summed E-state index contributed by atoms with van der Waals surface area (Å²) in [5.74, 6) is 0.628. The Morgan fingerprint density at radius 3 is 2.83 bits per heavy atom. The third kappa shape index (κ3) is 3.31. The molecule has 0 aliphatic carbocycles. The van der Waals surface area contributed by atoms with Crippen molar-refractivity contribution in [2.45, 2.75) is 20.4 Å². The lowest BCUT2D eigenvalue weighted by atomic mass is 10.2. The number of benzene rings is 1. The predicted octanol–water partition coefficient (Wildman–Crippen LogP) is 2.67. The zero-order valence-electron chi connectivity index (χ0n) is 10.6. The van der Waals surface area contributed by atoms with Gasteiger partial charge in [0.05, 0.1) is 22.6 Å². The number of nitrogens with one attached hydrogen (secondary N) is 1. The van der Waals surface area contributed by atoms with E-state index in [4.69, 9.17) is 11.6 Å². The number of aromatic nitrogens is 3. The van der Waals surface area contributed by atoms with E-state index in [2.05, 4.69) is 29.5 Å². The molecular formula is C13H17ClN4. The molecule has 0 unspecified atom stereocenters. The molecule has 0 aliphatic heterocycles. The third-order valence-corrected chi connectivity index (χ3v) is 2.82. The van der Waals surface area contributed by atoms with Crippen LogP contribution in [0.15, 0.2) is 30.5 Å². The van der Waals surface area contributed by atoms with Gasteiger partial charge in [-0.2, -0.15) is 0 Å². The summed E-state index contributed by atoms with van der Waals surface area (Å²) in [4.78, 5) is 0. The Morgan fingerprint density at radius 1 is 1.33 bits per heavy atom. The fourth-order valence-electron chi connectivity index (χ4n) is 1.62. The van der Waals surface area contributed by atoms with Gasteiger partial charge in [-0.05, 0) is 24.6 Å². The van der Waals surface area contributed by atoms with Crippen LogP contribution in [0.1, 0.15) is 19.5 Å². The van der Waals surface area contributed by atoms with E-state index in [1.54, 1.807) is 4.68 Å². The second kappa shape index (κ2) is 5.98. The van der Waals surface area contributed by atoms with Crippen molar-refractivity contribution in [1.29, 1.82) is 0 Å². The molecule has 2 rings (SSSR count). The largest absolute Gasteiger partial charge is 0.311 e. The summed E-state index contributed by atoms with van der Waals surface area (Å²) >= 11 is 6.11. The van der Waals surface area contributed by atoms with Crippen molar-refractivity contribution in [1.82, 2.24) is 20.3 Å². The van der Waals surface area contributed by atoms with Crippen molar-refractivity contribution >= 4 is 11.6 Å². The molecule has 0 saturated carbocycles. The number of hydrogen-bond donors (Lipinski definition) is 1. The fourth-order valence-corrected chi connectivity index (χ4v) is 1.85. The number of halogens is 1. The highest BCUT2D eigenvalue weighted by atomic mass is 35.5. The van der Waals surface area contributed by atoms with Crippen LogP contribution >= 0.6 is 11.6 Å². The standard InChI is InChI=1S/C13H17ClN4/c1-10(2)7-15-8-11-9-18(17-16-11)13-6-4-3-5-12(13)14/h3-6,9-10,15H,7-8H2,1-2H3. The Balaban J connectivity index is 2.04.